The van der Waals surface area contributed by atoms with Crippen LogP contribution < -0.4 is 5.32 Å². The molecule has 3 rings (SSSR count). The Morgan fingerprint density at radius 3 is 2.61 bits per heavy atom. The molecule has 1 aromatic rings. The molecule has 2 heterocycles. The van der Waals surface area contributed by atoms with Gasteiger partial charge in [-0.2, -0.15) is 0 Å². The molecule has 124 valence electrons. The van der Waals surface area contributed by atoms with Crippen LogP contribution in [0, 0.1) is 5.92 Å². The molecule has 0 radical (unpaired) electrons. The predicted molar refractivity (Wildman–Crippen MR) is 88.6 cm³/mol. The molecule has 23 heavy (non-hydrogen) atoms. The van der Waals surface area contributed by atoms with Gasteiger partial charge in [0, 0.05) is 33.1 Å². The zero-order valence-electron chi connectivity index (χ0n) is 13.7. The third kappa shape index (κ3) is 4.10. The lowest BCUT2D eigenvalue weighted by atomic mass is 9.95. The predicted octanol–water partition coefficient (Wildman–Crippen LogP) is 1.25. The molecule has 5 nitrogen and oxygen atoms in total. The Kier molecular flexibility index (Phi) is 4.96. The number of carbonyl (C=O) groups excluding carboxylic acids is 2. The third-order valence-corrected chi connectivity index (χ3v) is 4.80. The lowest BCUT2D eigenvalue weighted by Gasteiger charge is -2.40. The standard InChI is InChI=1S/C18H25N3O2/c1-14(22)21-12-17(13-21)19-18(23)16-8-5-9-20(11-16)10-15-6-3-2-4-7-15/h2-4,6-7,16-17H,5,8-13H2,1H3,(H,19,23)/t16-/m1/s1. The molecule has 2 aliphatic heterocycles. The molecular formula is C18H25N3O2. The highest BCUT2D eigenvalue weighted by atomic mass is 16.2. The second-order valence-corrected chi connectivity index (χ2v) is 6.69. The van der Waals surface area contributed by atoms with Crippen LogP contribution in [0.2, 0.25) is 0 Å². The largest absolute Gasteiger partial charge is 0.350 e. The zero-order valence-corrected chi connectivity index (χ0v) is 13.7. The lowest BCUT2D eigenvalue weighted by molar-refractivity contribution is -0.137. The van der Waals surface area contributed by atoms with Crippen molar-refractivity contribution in [3.63, 3.8) is 0 Å². The molecule has 0 saturated carbocycles. The van der Waals surface area contributed by atoms with Crippen LogP contribution in [0.1, 0.15) is 25.3 Å². The van der Waals surface area contributed by atoms with Gasteiger partial charge < -0.3 is 10.2 Å². The van der Waals surface area contributed by atoms with Gasteiger partial charge in [0.25, 0.3) is 0 Å². The van der Waals surface area contributed by atoms with Crippen LogP contribution in [-0.4, -0.2) is 53.8 Å². The SMILES string of the molecule is CC(=O)N1CC(NC(=O)[C@@H]2CCCN(Cc3ccccc3)C2)C1. The number of hydrogen-bond donors (Lipinski definition) is 1. The fourth-order valence-electron chi connectivity index (χ4n) is 3.40. The molecular weight excluding hydrogens is 290 g/mol. The quantitative estimate of drug-likeness (QED) is 0.910. The zero-order chi connectivity index (χ0) is 16.2. The maximum Gasteiger partial charge on any atom is 0.224 e. The first-order valence-electron chi connectivity index (χ1n) is 8.44. The molecule has 1 atom stereocenters. The molecule has 0 unspecified atom stereocenters. The van der Waals surface area contributed by atoms with E-state index in [0.717, 1.165) is 32.5 Å². The molecule has 0 aliphatic carbocycles. The van der Waals surface area contributed by atoms with Crippen molar-refractivity contribution in [3.05, 3.63) is 35.9 Å². The molecule has 1 N–H and O–H groups in total. The summed E-state index contributed by atoms with van der Waals surface area (Å²) in [6.07, 6.45) is 2.02. The fraction of sp³-hybridized carbons (Fsp3) is 0.556. The topological polar surface area (TPSA) is 52.7 Å². The van der Waals surface area contributed by atoms with Crippen molar-refractivity contribution in [2.24, 2.45) is 5.92 Å². The smallest absolute Gasteiger partial charge is 0.224 e. The number of nitrogens with one attached hydrogen (secondary N) is 1. The molecule has 1 aromatic carbocycles. The monoisotopic (exact) mass is 315 g/mol. The number of amides is 2. The Morgan fingerprint density at radius 1 is 1.17 bits per heavy atom. The summed E-state index contributed by atoms with van der Waals surface area (Å²) in [4.78, 5) is 27.7. The van der Waals surface area contributed by atoms with Crippen LogP contribution >= 0.6 is 0 Å². The summed E-state index contributed by atoms with van der Waals surface area (Å²) in [6, 6.07) is 10.5. The maximum absolute atomic E-state index is 12.4. The summed E-state index contributed by atoms with van der Waals surface area (Å²) >= 11 is 0. The number of rotatable bonds is 4. The van der Waals surface area contributed by atoms with Crippen LogP contribution in [0.3, 0.4) is 0 Å². The van der Waals surface area contributed by atoms with Crippen molar-refractivity contribution in [1.29, 1.82) is 0 Å². The first-order chi connectivity index (χ1) is 11.1. The van der Waals surface area contributed by atoms with E-state index in [2.05, 4.69) is 34.5 Å². The number of likely N-dealkylation sites (tertiary alicyclic amines) is 2. The van der Waals surface area contributed by atoms with Crippen molar-refractivity contribution in [2.45, 2.75) is 32.4 Å². The molecule has 2 amide bonds. The number of nitrogens with zero attached hydrogens (tertiary/aromatic N) is 2. The maximum atomic E-state index is 12.4. The summed E-state index contributed by atoms with van der Waals surface area (Å²) in [5.41, 5.74) is 1.30. The van der Waals surface area contributed by atoms with E-state index in [4.69, 9.17) is 0 Å². The second kappa shape index (κ2) is 7.13. The Labute approximate surface area is 137 Å². The van der Waals surface area contributed by atoms with Crippen LogP contribution in [0.5, 0.6) is 0 Å². The van der Waals surface area contributed by atoms with Crippen molar-refractivity contribution < 1.29 is 9.59 Å². The molecule has 2 saturated heterocycles. The van der Waals surface area contributed by atoms with Crippen LogP contribution in [0.15, 0.2) is 30.3 Å². The average Bonchev–Trinajstić information content (AvgIpc) is 2.51. The highest BCUT2D eigenvalue weighted by Gasteiger charge is 2.33. The van der Waals surface area contributed by atoms with Gasteiger partial charge in [-0.05, 0) is 24.9 Å². The molecule has 5 heteroatoms. The van der Waals surface area contributed by atoms with E-state index >= 15 is 0 Å². The Morgan fingerprint density at radius 2 is 1.91 bits per heavy atom. The second-order valence-electron chi connectivity index (χ2n) is 6.69. The molecule has 2 aliphatic rings. The van der Waals surface area contributed by atoms with Gasteiger partial charge in [0.15, 0.2) is 0 Å². The van der Waals surface area contributed by atoms with E-state index in [1.54, 1.807) is 11.8 Å². The van der Waals surface area contributed by atoms with Crippen molar-refractivity contribution in [2.75, 3.05) is 26.2 Å². The van der Waals surface area contributed by atoms with E-state index in [1.165, 1.54) is 5.56 Å². The first kappa shape index (κ1) is 16.0. The average molecular weight is 315 g/mol. The van der Waals surface area contributed by atoms with Gasteiger partial charge in [-0.25, -0.2) is 0 Å². The molecule has 0 aromatic heterocycles. The van der Waals surface area contributed by atoms with Crippen LogP contribution in [-0.2, 0) is 16.1 Å². The Balaban J connectivity index is 1.46. The number of carbonyl (C=O) groups is 2. The van der Waals surface area contributed by atoms with Gasteiger partial charge >= 0.3 is 0 Å². The van der Waals surface area contributed by atoms with Crippen LogP contribution in [0.25, 0.3) is 0 Å². The summed E-state index contributed by atoms with van der Waals surface area (Å²) in [5.74, 6) is 0.303. The van der Waals surface area contributed by atoms with Crippen molar-refractivity contribution >= 4 is 11.8 Å². The van der Waals surface area contributed by atoms with Gasteiger partial charge in [0.1, 0.15) is 0 Å². The van der Waals surface area contributed by atoms with E-state index in [1.807, 2.05) is 6.07 Å². The number of piperidine rings is 1. The van der Waals surface area contributed by atoms with Gasteiger partial charge in [-0.3, -0.25) is 14.5 Å². The highest BCUT2D eigenvalue weighted by Crippen LogP contribution is 2.19. The van der Waals surface area contributed by atoms with E-state index in [9.17, 15) is 9.59 Å². The minimum absolute atomic E-state index is 0.0684. The first-order valence-corrected chi connectivity index (χ1v) is 8.44. The Hall–Kier alpha value is -1.88. The van der Waals surface area contributed by atoms with Crippen molar-refractivity contribution in [3.8, 4) is 0 Å². The third-order valence-electron chi connectivity index (χ3n) is 4.80. The van der Waals surface area contributed by atoms with E-state index in [-0.39, 0.29) is 23.8 Å². The summed E-state index contributed by atoms with van der Waals surface area (Å²) < 4.78 is 0. The van der Waals surface area contributed by atoms with Crippen molar-refractivity contribution in [1.82, 2.24) is 15.1 Å². The number of hydrogen-bond acceptors (Lipinski definition) is 3. The minimum atomic E-state index is 0.0684. The Bertz CT molecular complexity index is 555. The van der Waals surface area contributed by atoms with Gasteiger partial charge in [-0.15, -0.1) is 0 Å². The summed E-state index contributed by atoms with van der Waals surface area (Å²) in [6.45, 7) is 5.67. The highest BCUT2D eigenvalue weighted by molar-refractivity contribution is 5.80. The minimum Gasteiger partial charge on any atom is -0.350 e. The molecule has 0 spiro atoms. The lowest BCUT2D eigenvalue weighted by Crippen LogP contribution is -2.61. The van der Waals surface area contributed by atoms with E-state index < -0.39 is 0 Å². The summed E-state index contributed by atoms with van der Waals surface area (Å²) in [7, 11) is 0. The normalized spacial score (nSPS) is 22.5. The molecule has 0 bridgehead atoms. The fourth-order valence-corrected chi connectivity index (χ4v) is 3.40. The van der Waals surface area contributed by atoms with E-state index in [0.29, 0.717) is 13.1 Å². The van der Waals surface area contributed by atoms with Gasteiger partial charge in [-0.1, -0.05) is 30.3 Å². The van der Waals surface area contributed by atoms with Gasteiger partial charge in [0.2, 0.25) is 11.8 Å². The van der Waals surface area contributed by atoms with Gasteiger partial charge in [0.05, 0.1) is 12.0 Å². The molecule has 2 fully saturated rings. The van der Waals surface area contributed by atoms with Crippen LogP contribution in [0.4, 0.5) is 0 Å². The number of benzene rings is 1. The summed E-state index contributed by atoms with van der Waals surface area (Å²) in [5, 5.41) is 3.10.